The van der Waals surface area contributed by atoms with Gasteiger partial charge in [-0.3, -0.25) is 9.69 Å². The number of rotatable bonds is 1. The second-order valence-electron chi connectivity index (χ2n) is 2.85. The van der Waals surface area contributed by atoms with Crippen LogP contribution in [0.5, 0.6) is 0 Å². The number of hydrogen-bond acceptors (Lipinski definition) is 4. The summed E-state index contributed by atoms with van der Waals surface area (Å²) in [6.45, 7) is 0. The number of amides is 1. The Balaban J connectivity index is 0.000000980. The summed E-state index contributed by atoms with van der Waals surface area (Å²) in [6.07, 6.45) is 1.54. The second kappa shape index (κ2) is 5.07. The normalized spacial score (nSPS) is 27.7. The van der Waals surface area contributed by atoms with Gasteiger partial charge in [0.1, 0.15) is 17.1 Å². The Labute approximate surface area is 103 Å². The highest BCUT2D eigenvalue weighted by molar-refractivity contribution is 8.00. The maximum absolute atomic E-state index is 11.2. The number of thioether (sulfide) groups is 1. The van der Waals surface area contributed by atoms with Crippen LogP contribution < -0.4 is 5.73 Å². The fourth-order valence-electron chi connectivity index (χ4n) is 1.43. The third-order valence-electron chi connectivity index (χ3n) is 2.11. The molecule has 1 fully saturated rings. The predicted octanol–water partition coefficient (Wildman–Crippen LogP) is 0.0409. The highest BCUT2D eigenvalue weighted by Gasteiger charge is 2.49. The first-order valence-electron chi connectivity index (χ1n) is 3.76. The summed E-state index contributed by atoms with van der Waals surface area (Å²) in [5, 5.41) is 8.57. The number of nitrogens with zero attached hydrogens (tertiary/aromatic N) is 1. The van der Waals surface area contributed by atoms with Gasteiger partial charge in [-0.15, -0.1) is 36.6 Å². The molecule has 2 aliphatic rings. The molecule has 1 amide bonds. The minimum absolute atomic E-state index is 0. The summed E-state index contributed by atoms with van der Waals surface area (Å²) in [6, 6.07) is -0.534. The van der Waals surface area contributed by atoms with E-state index in [1.807, 2.05) is 0 Å². The molecule has 15 heavy (non-hydrogen) atoms. The molecule has 2 aliphatic heterocycles. The number of aliphatic carboxylic acids is 1. The van der Waals surface area contributed by atoms with Crippen molar-refractivity contribution in [2.45, 2.75) is 11.4 Å². The zero-order valence-corrected chi connectivity index (χ0v) is 9.90. The van der Waals surface area contributed by atoms with Gasteiger partial charge in [0.25, 0.3) is 0 Å². The zero-order valence-electron chi connectivity index (χ0n) is 7.45. The number of fused-ring (bicyclic) bond motifs is 1. The maximum Gasteiger partial charge on any atom is 0.352 e. The molecule has 2 heterocycles. The Kier molecular flexibility index (Phi) is 4.92. The fourth-order valence-corrected chi connectivity index (χ4v) is 2.58. The number of carboxylic acid groups (broad SMARTS) is 1. The van der Waals surface area contributed by atoms with Crippen LogP contribution in [0.4, 0.5) is 0 Å². The summed E-state index contributed by atoms with van der Waals surface area (Å²) in [5.41, 5.74) is 5.57. The van der Waals surface area contributed by atoms with Gasteiger partial charge in [-0.1, -0.05) is 0 Å². The molecule has 86 valence electrons. The van der Waals surface area contributed by atoms with Gasteiger partial charge in [0, 0.05) is 5.75 Å². The summed E-state index contributed by atoms with van der Waals surface area (Å²) in [7, 11) is 0. The predicted molar refractivity (Wildman–Crippen MR) is 61.3 cm³/mol. The third kappa shape index (κ3) is 2.08. The first-order valence-corrected chi connectivity index (χ1v) is 4.81. The quantitative estimate of drug-likeness (QED) is 0.659. The van der Waals surface area contributed by atoms with Crippen LogP contribution in [0.2, 0.25) is 0 Å². The van der Waals surface area contributed by atoms with Crippen molar-refractivity contribution in [1.82, 2.24) is 4.90 Å². The van der Waals surface area contributed by atoms with Gasteiger partial charge in [0.15, 0.2) is 0 Å². The van der Waals surface area contributed by atoms with Crippen LogP contribution in [0.15, 0.2) is 11.8 Å². The Hall–Kier alpha value is -0.430. The molecular formula is C7H10Cl2N2O3S. The molecular weight excluding hydrogens is 263 g/mol. The minimum atomic E-state index is -1.06. The van der Waals surface area contributed by atoms with E-state index in [9.17, 15) is 9.59 Å². The lowest BCUT2D eigenvalue weighted by atomic mass is 10.1. The number of β-lactam (4-membered cyclic amide) rings is 1. The molecule has 0 bridgehead atoms. The van der Waals surface area contributed by atoms with E-state index in [4.69, 9.17) is 10.8 Å². The summed E-state index contributed by atoms with van der Waals surface area (Å²) in [5.74, 6) is -0.763. The Morgan fingerprint density at radius 3 is 2.73 bits per heavy atom. The molecule has 0 radical (unpaired) electrons. The highest BCUT2D eigenvalue weighted by Crippen LogP contribution is 2.36. The number of nitrogens with two attached hydrogens (primary N) is 1. The molecule has 1 saturated heterocycles. The number of halogens is 2. The van der Waals surface area contributed by atoms with Crippen molar-refractivity contribution in [1.29, 1.82) is 0 Å². The molecule has 2 rings (SSSR count). The molecule has 0 aromatic heterocycles. The van der Waals surface area contributed by atoms with Crippen LogP contribution in [0.1, 0.15) is 0 Å². The lowest BCUT2D eigenvalue weighted by Gasteiger charge is -2.46. The number of carboxylic acids is 1. The molecule has 5 nitrogen and oxygen atoms in total. The van der Waals surface area contributed by atoms with Gasteiger partial charge < -0.3 is 10.8 Å². The number of carbonyl (C=O) groups is 2. The first-order chi connectivity index (χ1) is 6.13. The highest BCUT2D eigenvalue weighted by atomic mass is 35.5. The minimum Gasteiger partial charge on any atom is -0.477 e. The summed E-state index contributed by atoms with van der Waals surface area (Å²) in [4.78, 5) is 23.1. The van der Waals surface area contributed by atoms with E-state index in [1.165, 1.54) is 22.7 Å². The lowest BCUT2D eigenvalue weighted by Crippen LogP contribution is -2.68. The van der Waals surface area contributed by atoms with Crippen molar-refractivity contribution < 1.29 is 14.7 Å². The van der Waals surface area contributed by atoms with Crippen LogP contribution in [0, 0.1) is 0 Å². The van der Waals surface area contributed by atoms with E-state index in [0.717, 1.165) is 0 Å². The van der Waals surface area contributed by atoms with Crippen molar-refractivity contribution in [2.24, 2.45) is 5.73 Å². The molecule has 0 spiro atoms. The number of carbonyl (C=O) groups excluding carboxylic acids is 1. The van der Waals surface area contributed by atoms with E-state index in [-0.39, 0.29) is 41.8 Å². The molecule has 0 aliphatic carbocycles. The topological polar surface area (TPSA) is 83.6 Å². The molecule has 1 unspecified atom stereocenters. The van der Waals surface area contributed by atoms with Crippen molar-refractivity contribution in [3.05, 3.63) is 11.8 Å². The first kappa shape index (κ1) is 14.6. The van der Waals surface area contributed by atoms with Crippen molar-refractivity contribution in [2.75, 3.05) is 5.75 Å². The van der Waals surface area contributed by atoms with Crippen LogP contribution in [-0.4, -0.2) is 39.1 Å². The standard InChI is InChI=1S/C7H8N2O3S.2ClH/c8-4-5(10)9-3(7(11)12)1-2-13-6(4)9;;/h1,4,6H,2,8H2,(H,11,12);2*1H/t4?,6-;;/m1../s1. The van der Waals surface area contributed by atoms with E-state index in [2.05, 4.69) is 0 Å². The lowest BCUT2D eigenvalue weighted by molar-refractivity contribution is -0.147. The Morgan fingerprint density at radius 1 is 1.60 bits per heavy atom. The molecule has 0 aromatic carbocycles. The van der Waals surface area contributed by atoms with Crippen molar-refractivity contribution in [3.63, 3.8) is 0 Å². The summed E-state index contributed by atoms with van der Waals surface area (Å²) >= 11 is 1.49. The summed E-state index contributed by atoms with van der Waals surface area (Å²) < 4.78 is 0. The smallest absolute Gasteiger partial charge is 0.352 e. The van der Waals surface area contributed by atoms with Crippen LogP contribution in [-0.2, 0) is 9.59 Å². The largest absolute Gasteiger partial charge is 0.477 e. The number of hydrogen-bond donors (Lipinski definition) is 2. The molecule has 8 heteroatoms. The second-order valence-corrected chi connectivity index (χ2v) is 4.00. The SMILES string of the molecule is Cl.Cl.NC1C(=O)N2C(C(=O)O)=CCS[C@H]12. The van der Waals surface area contributed by atoms with Gasteiger partial charge in [0.05, 0.1) is 0 Å². The third-order valence-corrected chi connectivity index (χ3v) is 3.31. The average Bonchev–Trinajstić information content (AvgIpc) is 2.15. The molecule has 0 aromatic rings. The van der Waals surface area contributed by atoms with Gasteiger partial charge in [-0.25, -0.2) is 4.79 Å². The van der Waals surface area contributed by atoms with Gasteiger partial charge in [-0.2, -0.15) is 0 Å². The Morgan fingerprint density at radius 2 is 2.20 bits per heavy atom. The van der Waals surface area contributed by atoms with Crippen LogP contribution in [0.25, 0.3) is 0 Å². The Bertz CT molecular complexity index is 323. The van der Waals surface area contributed by atoms with Crippen LogP contribution in [0.3, 0.4) is 0 Å². The van der Waals surface area contributed by atoms with Gasteiger partial charge in [0.2, 0.25) is 5.91 Å². The maximum atomic E-state index is 11.2. The van der Waals surface area contributed by atoms with E-state index >= 15 is 0 Å². The van der Waals surface area contributed by atoms with E-state index in [1.54, 1.807) is 0 Å². The van der Waals surface area contributed by atoms with Crippen molar-refractivity contribution >= 4 is 48.5 Å². The van der Waals surface area contributed by atoms with Gasteiger partial charge in [-0.05, 0) is 6.08 Å². The zero-order chi connectivity index (χ0) is 9.59. The van der Waals surface area contributed by atoms with Crippen molar-refractivity contribution in [3.8, 4) is 0 Å². The molecule has 3 N–H and O–H groups in total. The van der Waals surface area contributed by atoms with Gasteiger partial charge >= 0.3 is 5.97 Å². The van der Waals surface area contributed by atoms with Crippen LogP contribution >= 0.6 is 36.6 Å². The fraction of sp³-hybridized carbons (Fsp3) is 0.429. The van der Waals surface area contributed by atoms with E-state index in [0.29, 0.717) is 5.75 Å². The van der Waals surface area contributed by atoms with E-state index < -0.39 is 12.0 Å². The molecule has 0 saturated carbocycles. The molecule has 2 atom stereocenters. The average molecular weight is 273 g/mol. The monoisotopic (exact) mass is 272 g/mol.